The molecule has 0 radical (unpaired) electrons. The number of aromatic nitrogens is 4. The number of amides is 4. The predicted octanol–water partition coefficient (Wildman–Crippen LogP) is 1.62. The molecule has 2 aromatic heterocycles. The second kappa shape index (κ2) is 8.38. The number of fused-ring (bicyclic) bond motifs is 1. The summed E-state index contributed by atoms with van der Waals surface area (Å²) in [4.78, 5) is 46.4. The summed E-state index contributed by atoms with van der Waals surface area (Å²) in [6.07, 6.45) is 6.73. The summed E-state index contributed by atoms with van der Waals surface area (Å²) in [7, 11) is 0. The smallest absolute Gasteiger partial charge is 0.326 e. The van der Waals surface area contributed by atoms with E-state index in [0.717, 1.165) is 37.1 Å². The fourth-order valence-electron chi connectivity index (χ4n) is 4.11. The molecule has 178 valence electrons. The first-order valence-corrected chi connectivity index (χ1v) is 11.5. The van der Waals surface area contributed by atoms with E-state index in [-0.39, 0.29) is 11.6 Å². The van der Waals surface area contributed by atoms with Crippen LogP contribution < -0.4 is 26.2 Å². The van der Waals surface area contributed by atoms with Gasteiger partial charge in [0.1, 0.15) is 5.70 Å². The van der Waals surface area contributed by atoms with E-state index in [1.54, 1.807) is 16.8 Å². The number of nitrogens with zero attached hydrogens (tertiary/aromatic N) is 5. The van der Waals surface area contributed by atoms with Crippen LogP contribution in [-0.2, 0) is 16.1 Å². The van der Waals surface area contributed by atoms with E-state index < -0.39 is 11.9 Å². The second-order valence-electron chi connectivity index (χ2n) is 8.76. The fourth-order valence-corrected chi connectivity index (χ4v) is 4.11. The molecule has 2 saturated heterocycles. The Morgan fingerprint density at radius 3 is 2.60 bits per heavy atom. The number of hydrogen-bond donors (Lipinski definition) is 4. The van der Waals surface area contributed by atoms with Gasteiger partial charge in [0.15, 0.2) is 5.65 Å². The largest absolute Gasteiger partial charge is 0.351 e. The van der Waals surface area contributed by atoms with Crippen molar-refractivity contribution >= 4 is 47.2 Å². The minimum absolute atomic E-state index is 0.131. The van der Waals surface area contributed by atoms with Crippen LogP contribution in [0.3, 0.4) is 0 Å². The van der Waals surface area contributed by atoms with Gasteiger partial charge in [0, 0.05) is 36.8 Å². The van der Waals surface area contributed by atoms with Crippen LogP contribution >= 0.6 is 0 Å². The fraction of sp³-hybridized carbons (Fsp3) is 0.304. The van der Waals surface area contributed by atoms with Crippen molar-refractivity contribution in [3.63, 3.8) is 0 Å². The van der Waals surface area contributed by atoms with Crippen LogP contribution in [-0.4, -0.2) is 50.0 Å². The molecular weight excluding hydrogens is 450 g/mol. The predicted molar refractivity (Wildman–Crippen MR) is 127 cm³/mol. The van der Waals surface area contributed by atoms with Crippen LogP contribution in [0.5, 0.6) is 0 Å². The van der Waals surface area contributed by atoms with Gasteiger partial charge >= 0.3 is 6.03 Å². The third-order valence-corrected chi connectivity index (χ3v) is 6.10. The summed E-state index contributed by atoms with van der Waals surface area (Å²) >= 11 is 0. The molecule has 35 heavy (non-hydrogen) atoms. The molecular formula is C23H23N9O3. The molecule has 3 aliphatic rings. The maximum absolute atomic E-state index is 12.0. The van der Waals surface area contributed by atoms with E-state index in [1.165, 1.54) is 0 Å². The van der Waals surface area contributed by atoms with E-state index in [2.05, 4.69) is 36.3 Å². The van der Waals surface area contributed by atoms with Crippen LogP contribution in [0, 0.1) is 0 Å². The van der Waals surface area contributed by atoms with Gasteiger partial charge in [0.05, 0.1) is 6.20 Å². The quantitative estimate of drug-likeness (QED) is 0.299. The zero-order chi connectivity index (χ0) is 23.9. The van der Waals surface area contributed by atoms with Crippen molar-refractivity contribution in [2.75, 3.05) is 22.1 Å². The highest BCUT2D eigenvalue weighted by Gasteiger charge is 2.26. The van der Waals surface area contributed by atoms with Crippen molar-refractivity contribution in [3.8, 4) is 0 Å². The number of carbonyl (C=O) groups is 3. The van der Waals surface area contributed by atoms with Crippen molar-refractivity contribution in [1.82, 2.24) is 30.2 Å². The minimum Gasteiger partial charge on any atom is -0.351 e. The van der Waals surface area contributed by atoms with Gasteiger partial charge in [-0.1, -0.05) is 12.1 Å². The Hall–Kier alpha value is -4.48. The van der Waals surface area contributed by atoms with Gasteiger partial charge < -0.3 is 20.9 Å². The summed E-state index contributed by atoms with van der Waals surface area (Å²) in [5.74, 6) is 0.610. The summed E-state index contributed by atoms with van der Waals surface area (Å²) in [6.45, 7) is 1.24. The number of benzene rings is 1. The Balaban J connectivity index is 1.25. The lowest BCUT2D eigenvalue weighted by atomic mass is 10.2. The normalized spacial score (nSPS) is 18.9. The Kier molecular flexibility index (Phi) is 5.05. The van der Waals surface area contributed by atoms with E-state index in [0.29, 0.717) is 42.1 Å². The molecule has 3 fully saturated rings. The lowest BCUT2D eigenvalue weighted by molar-refractivity contribution is -0.117. The van der Waals surface area contributed by atoms with Gasteiger partial charge in [-0.25, -0.2) is 4.79 Å². The average molecular weight is 473 g/mol. The van der Waals surface area contributed by atoms with E-state index in [1.807, 2.05) is 29.2 Å². The molecule has 1 saturated carbocycles. The van der Waals surface area contributed by atoms with E-state index in [4.69, 9.17) is 0 Å². The third kappa shape index (κ3) is 4.25. The Bertz CT molecular complexity index is 1370. The maximum Gasteiger partial charge on any atom is 0.326 e. The van der Waals surface area contributed by atoms with Crippen molar-refractivity contribution in [2.24, 2.45) is 0 Å². The Morgan fingerprint density at radius 1 is 1.09 bits per heavy atom. The number of urea groups is 1. The summed E-state index contributed by atoms with van der Waals surface area (Å²) in [5.41, 5.74) is 3.12. The average Bonchev–Trinajstić information content (AvgIpc) is 3.25. The molecule has 4 amide bonds. The monoisotopic (exact) mass is 473 g/mol. The van der Waals surface area contributed by atoms with E-state index >= 15 is 0 Å². The first kappa shape index (κ1) is 21.1. The summed E-state index contributed by atoms with van der Waals surface area (Å²) < 4.78 is 1.59. The van der Waals surface area contributed by atoms with Crippen molar-refractivity contribution in [2.45, 2.75) is 38.3 Å². The highest BCUT2D eigenvalue weighted by molar-refractivity contribution is 6.14. The number of hydrogen-bond acceptors (Lipinski definition) is 8. The molecule has 12 nitrogen and oxygen atoms in total. The molecule has 4 N–H and O–H groups in total. The van der Waals surface area contributed by atoms with Gasteiger partial charge in [-0.3, -0.25) is 14.9 Å². The molecule has 0 spiro atoms. The SMILES string of the molecule is O=C1NC(=O)/C(=C/c2cnn3c(NC4CC4)nc(NCc4ccc(N5CCCC5=O)cc4)nc23)N1. The van der Waals surface area contributed by atoms with Crippen molar-refractivity contribution in [1.29, 1.82) is 0 Å². The number of imide groups is 1. The first-order chi connectivity index (χ1) is 17.0. The van der Waals surface area contributed by atoms with Gasteiger partial charge in [-0.05, 0) is 43.0 Å². The molecule has 4 heterocycles. The van der Waals surface area contributed by atoms with Crippen LogP contribution in [0.4, 0.5) is 22.4 Å². The maximum atomic E-state index is 12.0. The highest BCUT2D eigenvalue weighted by atomic mass is 16.2. The van der Waals surface area contributed by atoms with Gasteiger partial charge in [-0.2, -0.15) is 19.6 Å². The molecule has 12 heteroatoms. The zero-order valence-electron chi connectivity index (χ0n) is 18.7. The molecule has 1 aromatic carbocycles. The van der Waals surface area contributed by atoms with Crippen LogP contribution in [0.25, 0.3) is 11.7 Å². The van der Waals surface area contributed by atoms with Crippen molar-refractivity contribution < 1.29 is 14.4 Å². The topological polar surface area (TPSA) is 146 Å². The molecule has 3 aromatic rings. The number of carbonyl (C=O) groups excluding carboxylic acids is 3. The first-order valence-electron chi connectivity index (χ1n) is 11.5. The molecule has 0 atom stereocenters. The Morgan fingerprint density at radius 2 is 1.91 bits per heavy atom. The Labute approximate surface area is 199 Å². The lowest BCUT2D eigenvalue weighted by Crippen LogP contribution is -2.23. The highest BCUT2D eigenvalue weighted by Crippen LogP contribution is 2.26. The molecule has 2 aliphatic heterocycles. The molecule has 0 bridgehead atoms. The van der Waals surface area contributed by atoms with Crippen LogP contribution in [0.15, 0.2) is 36.2 Å². The molecule has 6 rings (SSSR count). The van der Waals surface area contributed by atoms with Crippen LogP contribution in [0.2, 0.25) is 0 Å². The summed E-state index contributed by atoms with van der Waals surface area (Å²) in [5, 5.41) is 15.7. The zero-order valence-corrected chi connectivity index (χ0v) is 18.7. The third-order valence-electron chi connectivity index (χ3n) is 6.10. The van der Waals surface area contributed by atoms with Crippen LogP contribution in [0.1, 0.15) is 36.8 Å². The minimum atomic E-state index is -0.564. The molecule has 1 aliphatic carbocycles. The van der Waals surface area contributed by atoms with Crippen molar-refractivity contribution in [3.05, 3.63) is 47.3 Å². The number of rotatable bonds is 7. The van der Waals surface area contributed by atoms with Gasteiger partial charge in [-0.15, -0.1) is 0 Å². The standard InChI is InChI=1S/C23H23N9O3/c33-18-2-1-9-31(18)16-7-3-13(4-8-16)11-24-21-28-19-14(10-17-20(34)29-23(35)27-17)12-25-32(19)22(30-21)26-15-5-6-15/h3-4,7-8,10,12,15H,1-2,5-6,9,11H2,(H2,24,26,28,30)(H2,27,29,34,35)/b17-10-. The van der Waals surface area contributed by atoms with E-state index in [9.17, 15) is 14.4 Å². The second-order valence-corrected chi connectivity index (χ2v) is 8.76. The number of anilines is 3. The van der Waals surface area contributed by atoms with Gasteiger partial charge in [0.25, 0.3) is 5.91 Å². The summed E-state index contributed by atoms with van der Waals surface area (Å²) in [6, 6.07) is 7.63. The number of nitrogens with one attached hydrogen (secondary N) is 4. The van der Waals surface area contributed by atoms with Gasteiger partial charge in [0.2, 0.25) is 17.8 Å². The molecule has 0 unspecified atom stereocenters. The lowest BCUT2D eigenvalue weighted by Gasteiger charge is -2.16.